The number of hydrogen-bond acceptors (Lipinski definition) is 2. The Morgan fingerprint density at radius 3 is 2.67 bits per heavy atom. The van der Waals surface area contributed by atoms with Crippen molar-refractivity contribution in [2.24, 2.45) is 11.7 Å². The smallest absolute Gasteiger partial charge is 0.222 e. The first-order chi connectivity index (χ1) is 10.2. The highest BCUT2D eigenvalue weighted by molar-refractivity contribution is 5.76. The average molecular weight is 286 g/mol. The van der Waals surface area contributed by atoms with Gasteiger partial charge in [-0.1, -0.05) is 44.4 Å². The zero-order valence-corrected chi connectivity index (χ0v) is 13.0. The van der Waals surface area contributed by atoms with E-state index in [2.05, 4.69) is 18.2 Å². The van der Waals surface area contributed by atoms with E-state index in [9.17, 15) is 4.79 Å². The second-order valence-corrected chi connectivity index (χ2v) is 6.56. The maximum absolute atomic E-state index is 11.8. The van der Waals surface area contributed by atoms with Crippen molar-refractivity contribution >= 4 is 5.91 Å². The summed E-state index contributed by atoms with van der Waals surface area (Å²) in [6.45, 7) is 3.45. The van der Waals surface area contributed by atoms with Gasteiger partial charge in [-0.3, -0.25) is 4.79 Å². The molecule has 2 N–H and O–H groups in total. The van der Waals surface area contributed by atoms with Crippen molar-refractivity contribution in [1.29, 1.82) is 0 Å². The number of fused-ring (bicyclic) bond motifs is 1. The van der Waals surface area contributed by atoms with E-state index in [4.69, 9.17) is 5.73 Å². The Morgan fingerprint density at radius 2 is 1.95 bits per heavy atom. The molecule has 0 aromatic heterocycles. The Morgan fingerprint density at radius 1 is 1.24 bits per heavy atom. The summed E-state index contributed by atoms with van der Waals surface area (Å²) < 4.78 is 0. The molecule has 2 aliphatic rings. The van der Waals surface area contributed by atoms with Gasteiger partial charge in [-0.25, -0.2) is 0 Å². The first-order valence-corrected chi connectivity index (χ1v) is 8.34. The fourth-order valence-electron chi connectivity index (χ4n) is 3.79. The molecule has 0 radical (unpaired) electrons. The van der Waals surface area contributed by atoms with Gasteiger partial charge in [0.2, 0.25) is 5.91 Å². The highest BCUT2D eigenvalue weighted by Gasteiger charge is 2.25. The van der Waals surface area contributed by atoms with Gasteiger partial charge in [0, 0.05) is 25.6 Å². The molecule has 0 saturated heterocycles. The minimum atomic E-state index is 0.159. The van der Waals surface area contributed by atoms with Gasteiger partial charge in [-0.2, -0.15) is 0 Å². The summed E-state index contributed by atoms with van der Waals surface area (Å²) >= 11 is 0. The van der Waals surface area contributed by atoms with E-state index in [1.54, 1.807) is 0 Å². The number of hydrogen-bond donors (Lipinski definition) is 1. The lowest BCUT2D eigenvalue weighted by atomic mass is 9.81. The molecule has 3 nitrogen and oxygen atoms in total. The Labute approximate surface area is 127 Å². The molecule has 0 bridgehead atoms. The number of carbonyl (C=O) groups excluding carboxylic acids is 1. The van der Waals surface area contributed by atoms with E-state index in [0.29, 0.717) is 12.3 Å². The molecule has 1 fully saturated rings. The highest BCUT2D eigenvalue weighted by atomic mass is 16.2. The molecule has 0 spiro atoms. The molecule has 1 aromatic carbocycles. The summed E-state index contributed by atoms with van der Waals surface area (Å²) in [6.07, 6.45) is 7.12. The van der Waals surface area contributed by atoms with Gasteiger partial charge in [-0.05, 0) is 35.4 Å². The zero-order chi connectivity index (χ0) is 14.8. The van der Waals surface area contributed by atoms with Crippen LogP contribution < -0.4 is 5.73 Å². The van der Waals surface area contributed by atoms with Crippen molar-refractivity contribution in [2.45, 2.75) is 64.6 Å². The second kappa shape index (κ2) is 6.18. The first-order valence-electron chi connectivity index (χ1n) is 8.34. The average Bonchev–Trinajstić information content (AvgIpc) is 2.97. The number of nitrogens with two attached hydrogens (primary N) is 1. The van der Waals surface area contributed by atoms with Crippen LogP contribution in [0.15, 0.2) is 18.2 Å². The lowest BCUT2D eigenvalue weighted by molar-refractivity contribution is -0.131. The molecule has 1 aromatic rings. The predicted molar refractivity (Wildman–Crippen MR) is 84.5 cm³/mol. The van der Waals surface area contributed by atoms with Crippen LogP contribution in [0.1, 0.15) is 68.2 Å². The molecule has 3 rings (SSSR count). The summed E-state index contributed by atoms with van der Waals surface area (Å²) in [5.41, 5.74) is 10.3. The normalized spacial score (nSPS) is 20.4. The lowest BCUT2D eigenvalue weighted by Crippen LogP contribution is -2.24. The maximum Gasteiger partial charge on any atom is 0.222 e. The Balaban J connectivity index is 1.74. The van der Waals surface area contributed by atoms with Crippen LogP contribution >= 0.6 is 0 Å². The molecular formula is C18H26N2O. The number of amides is 1. The standard InChI is InChI=1S/C18H26N2O/c1-2-17(21)20-11-15-9-8-14(10-16(15)12-20)18(19)13-6-4-3-5-7-13/h8-10,13,18H,2-7,11-12,19H2,1H3. The van der Waals surface area contributed by atoms with Crippen molar-refractivity contribution in [3.05, 3.63) is 34.9 Å². The van der Waals surface area contributed by atoms with Gasteiger partial charge in [0.05, 0.1) is 0 Å². The SMILES string of the molecule is CCC(=O)N1Cc2ccc(C(N)C3CCCCC3)cc2C1. The Hall–Kier alpha value is -1.35. The van der Waals surface area contributed by atoms with Gasteiger partial charge in [0.15, 0.2) is 0 Å². The summed E-state index contributed by atoms with van der Waals surface area (Å²) in [5, 5.41) is 0. The molecule has 1 aliphatic carbocycles. The van der Waals surface area contributed by atoms with Crippen LogP contribution in [0.2, 0.25) is 0 Å². The molecule has 1 amide bonds. The third-order valence-corrected chi connectivity index (χ3v) is 5.15. The Bertz CT molecular complexity index is 520. The molecule has 114 valence electrons. The number of nitrogens with zero attached hydrogens (tertiary/aromatic N) is 1. The van der Waals surface area contributed by atoms with Crippen molar-refractivity contribution < 1.29 is 4.79 Å². The van der Waals surface area contributed by atoms with Crippen molar-refractivity contribution in [3.63, 3.8) is 0 Å². The molecule has 1 heterocycles. The van der Waals surface area contributed by atoms with Crippen LogP contribution in [0.3, 0.4) is 0 Å². The quantitative estimate of drug-likeness (QED) is 0.924. The van der Waals surface area contributed by atoms with E-state index >= 15 is 0 Å². The maximum atomic E-state index is 11.8. The topological polar surface area (TPSA) is 46.3 Å². The molecule has 3 heteroatoms. The number of benzene rings is 1. The van der Waals surface area contributed by atoms with Crippen molar-refractivity contribution in [2.75, 3.05) is 0 Å². The van der Waals surface area contributed by atoms with Crippen LogP contribution in [0, 0.1) is 5.92 Å². The summed E-state index contributed by atoms with van der Waals surface area (Å²) in [5.74, 6) is 0.871. The van der Waals surface area contributed by atoms with Crippen LogP contribution in [0.5, 0.6) is 0 Å². The van der Waals surface area contributed by atoms with E-state index in [0.717, 1.165) is 13.1 Å². The summed E-state index contributed by atoms with van der Waals surface area (Å²) in [6, 6.07) is 6.76. The minimum absolute atomic E-state index is 0.159. The molecular weight excluding hydrogens is 260 g/mol. The van der Waals surface area contributed by atoms with Crippen molar-refractivity contribution in [1.82, 2.24) is 4.90 Å². The lowest BCUT2D eigenvalue weighted by Gasteiger charge is -2.28. The van der Waals surface area contributed by atoms with Crippen LogP contribution in [0.25, 0.3) is 0 Å². The van der Waals surface area contributed by atoms with Crippen LogP contribution in [-0.4, -0.2) is 10.8 Å². The zero-order valence-electron chi connectivity index (χ0n) is 13.0. The summed E-state index contributed by atoms with van der Waals surface area (Å²) in [4.78, 5) is 13.8. The van der Waals surface area contributed by atoms with E-state index in [1.807, 2.05) is 11.8 Å². The van der Waals surface area contributed by atoms with Gasteiger partial charge < -0.3 is 10.6 Å². The third-order valence-electron chi connectivity index (χ3n) is 5.15. The highest BCUT2D eigenvalue weighted by Crippen LogP contribution is 2.34. The first kappa shape index (κ1) is 14.6. The van der Waals surface area contributed by atoms with Crippen molar-refractivity contribution in [3.8, 4) is 0 Å². The van der Waals surface area contributed by atoms with E-state index in [-0.39, 0.29) is 11.9 Å². The molecule has 1 unspecified atom stereocenters. The second-order valence-electron chi connectivity index (χ2n) is 6.56. The molecule has 1 saturated carbocycles. The molecule has 21 heavy (non-hydrogen) atoms. The van der Waals surface area contributed by atoms with Gasteiger partial charge in [-0.15, -0.1) is 0 Å². The van der Waals surface area contributed by atoms with E-state index < -0.39 is 0 Å². The van der Waals surface area contributed by atoms with Gasteiger partial charge in [0.1, 0.15) is 0 Å². The molecule has 1 atom stereocenters. The largest absolute Gasteiger partial charge is 0.334 e. The predicted octanol–water partition coefficient (Wildman–Crippen LogP) is 3.52. The van der Waals surface area contributed by atoms with Gasteiger partial charge >= 0.3 is 0 Å². The number of rotatable bonds is 3. The summed E-state index contributed by atoms with van der Waals surface area (Å²) in [7, 11) is 0. The van der Waals surface area contributed by atoms with Gasteiger partial charge in [0.25, 0.3) is 0 Å². The fraction of sp³-hybridized carbons (Fsp3) is 0.611. The Kier molecular flexibility index (Phi) is 4.29. The minimum Gasteiger partial charge on any atom is -0.334 e. The monoisotopic (exact) mass is 286 g/mol. The van der Waals surface area contributed by atoms with Crippen LogP contribution in [-0.2, 0) is 17.9 Å². The molecule has 1 aliphatic heterocycles. The van der Waals surface area contributed by atoms with E-state index in [1.165, 1.54) is 48.8 Å². The fourth-order valence-corrected chi connectivity index (χ4v) is 3.79. The van der Waals surface area contributed by atoms with Crippen LogP contribution in [0.4, 0.5) is 0 Å². The number of carbonyl (C=O) groups is 1. The third kappa shape index (κ3) is 2.98.